The van der Waals surface area contributed by atoms with Gasteiger partial charge >= 0.3 is 0 Å². The third-order valence-corrected chi connectivity index (χ3v) is 8.05. The SMILES string of the molecule is C=C(c1ccc(Cc2sc(NC)nc2N)cn1)c1cc2c(cc1C)C(C)(C)CCC2(C)C. The number of nitrogens with one attached hydrogen (secondary N) is 1. The molecule has 0 saturated carbocycles. The number of nitrogen functional groups attached to an aromatic ring is 1. The first-order valence-corrected chi connectivity index (χ1v) is 12.1. The lowest BCUT2D eigenvalue weighted by atomic mass is 9.62. The van der Waals surface area contributed by atoms with E-state index >= 15 is 0 Å². The number of fused-ring (bicyclic) bond motifs is 1. The normalized spacial score (nSPS) is 16.4. The van der Waals surface area contributed by atoms with Crippen LogP contribution in [0.4, 0.5) is 10.9 Å². The van der Waals surface area contributed by atoms with E-state index in [9.17, 15) is 0 Å². The van der Waals surface area contributed by atoms with E-state index in [2.05, 4.69) is 75.8 Å². The van der Waals surface area contributed by atoms with Crippen molar-refractivity contribution in [2.24, 2.45) is 0 Å². The molecular weight excluding hydrogens is 412 g/mol. The summed E-state index contributed by atoms with van der Waals surface area (Å²) in [5.41, 5.74) is 14.8. The molecule has 0 amide bonds. The Bertz CT molecular complexity index is 1170. The Hall–Kier alpha value is -2.66. The van der Waals surface area contributed by atoms with Crippen molar-refractivity contribution in [2.75, 3.05) is 18.1 Å². The van der Waals surface area contributed by atoms with Crippen LogP contribution in [-0.4, -0.2) is 17.0 Å². The highest BCUT2D eigenvalue weighted by Crippen LogP contribution is 2.47. The fourth-order valence-corrected chi connectivity index (χ4v) is 5.54. The number of nitrogens with zero attached hydrogens (tertiary/aromatic N) is 2. The Labute approximate surface area is 196 Å². The lowest BCUT2D eigenvalue weighted by Crippen LogP contribution is -2.34. The van der Waals surface area contributed by atoms with E-state index in [0.717, 1.165) is 33.3 Å². The van der Waals surface area contributed by atoms with Crippen LogP contribution >= 0.6 is 11.3 Å². The summed E-state index contributed by atoms with van der Waals surface area (Å²) in [4.78, 5) is 10.1. The van der Waals surface area contributed by atoms with Crippen LogP contribution in [0.15, 0.2) is 37.0 Å². The van der Waals surface area contributed by atoms with Gasteiger partial charge in [0.2, 0.25) is 0 Å². The lowest BCUT2D eigenvalue weighted by molar-refractivity contribution is 0.331. The van der Waals surface area contributed by atoms with E-state index in [0.29, 0.717) is 5.82 Å². The molecule has 32 heavy (non-hydrogen) atoms. The number of nitrogens with two attached hydrogens (primary N) is 1. The molecule has 168 valence electrons. The molecule has 3 aromatic rings. The summed E-state index contributed by atoms with van der Waals surface area (Å²) >= 11 is 1.58. The quantitative estimate of drug-likeness (QED) is 0.471. The van der Waals surface area contributed by atoms with Crippen LogP contribution in [0.25, 0.3) is 5.57 Å². The van der Waals surface area contributed by atoms with Gasteiger partial charge in [-0.05, 0) is 70.5 Å². The van der Waals surface area contributed by atoms with E-state index in [4.69, 9.17) is 10.7 Å². The number of thiazole rings is 1. The molecule has 0 unspecified atom stereocenters. The Morgan fingerprint density at radius 2 is 1.78 bits per heavy atom. The molecular formula is C27H34N4S. The van der Waals surface area contributed by atoms with Gasteiger partial charge in [0, 0.05) is 25.2 Å². The average Bonchev–Trinajstić information content (AvgIpc) is 3.11. The van der Waals surface area contributed by atoms with Crippen LogP contribution in [-0.2, 0) is 17.3 Å². The van der Waals surface area contributed by atoms with Crippen molar-refractivity contribution in [1.29, 1.82) is 0 Å². The molecule has 0 fully saturated rings. The Morgan fingerprint density at radius 1 is 1.12 bits per heavy atom. The van der Waals surface area contributed by atoms with Gasteiger partial charge in [-0.3, -0.25) is 4.98 Å². The first-order valence-electron chi connectivity index (χ1n) is 11.2. The predicted molar refractivity (Wildman–Crippen MR) is 138 cm³/mol. The van der Waals surface area contributed by atoms with Gasteiger partial charge in [-0.25, -0.2) is 4.98 Å². The molecule has 1 aliphatic carbocycles. The molecule has 0 aliphatic heterocycles. The van der Waals surface area contributed by atoms with Gasteiger partial charge in [0.05, 0.1) is 10.6 Å². The van der Waals surface area contributed by atoms with Crippen LogP contribution in [0.5, 0.6) is 0 Å². The number of aryl methyl sites for hydroxylation is 1. The third kappa shape index (κ3) is 4.06. The van der Waals surface area contributed by atoms with Crippen molar-refractivity contribution in [3.05, 3.63) is 75.4 Å². The second-order valence-electron chi connectivity index (χ2n) is 10.3. The summed E-state index contributed by atoms with van der Waals surface area (Å²) in [6.07, 6.45) is 5.08. The van der Waals surface area contributed by atoms with Crippen molar-refractivity contribution in [1.82, 2.24) is 9.97 Å². The monoisotopic (exact) mass is 446 g/mol. The standard InChI is InChI=1S/C27H34N4S/c1-16-12-20-21(27(5,6)11-10-26(20,3)4)14-19(16)17(2)22-9-8-18(15-30-22)13-23-24(28)31-25(29-7)32-23/h8-9,12,14-15H,2,10-11,13,28H2,1,3-7H3,(H,29,31). The molecule has 0 spiro atoms. The molecule has 0 saturated heterocycles. The first kappa shape index (κ1) is 22.5. The van der Waals surface area contributed by atoms with Crippen LogP contribution in [0, 0.1) is 6.92 Å². The van der Waals surface area contributed by atoms with Gasteiger partial charge in [-0.1, -0.05) is 57.7 Å². The molecule has 2 aromatic heterocycles. The average molecular weight is 447 g/mol. The van der Waals surface area contributed by atoms with E-state index in [-0.39, 0.29) is 10.8 Å². The molecule has 1 aromatic carbocycles. The van der Waals surface area contributed by atoms with Gasteiger partial charge in [-0.15, -0.1) is 0 Å². The number of anilines is 2. The van der Waals surface area contributed by atoms with Gasteiger partial charge in [-0.2, -0.15) is 0 Å². The summed E-state index contributed by atoms with van der Waals surface area (Å²) in [6, 6.07) is 8.95. The highest BCUT2D eigenvalue weighted by atomic mass is 32.1. The molecule has 4 nitrogen and oxygen atoms in total. The van der Waals surface area contributed by atoms with Crippen molar-refractivity contribution in [3.8, 4) is 0 Å². The zero-order chi connectivity index (χ0) is 23.3. The molecule has 0 radical (unpaired) electrons. The smallest absolute Gasteiger partial charge is 0.184 e. The maximum absolute atomic E-state index is 6.06. The minimum absolute atomic E-state index is 0.172. The van der Waals surface area contributed by atoms with E-state index in [1.165, 1.54) is 35.1 Å². The number of pyridine rings is 1. The maximum Gasteiger partial charge on any atom is 0.184 e. The van der Waals surface area contributed by atoms with Crippen LogP contribution < -0.4 is 11.1 Å². The van der Waals surface area contributed by atoms with Gasteiger partial charge in [0.25, 0.3) is 0 Å². The van der Waals surface area contributed by atoms with Crippen molar-refractivity contribution >= 4 is 27.9 Å². The summed E-state index contributed by atoms with van der Waals surface area (Å²) in [5, 5.41) is 3.89. The maximum atomic E-state index is 6.06. The molecule has 0 bridgehead atoms. The fraction of sp³-hybridized carbons (Fsp3) is 0.407. The third-order valence-electron chi connectivity index (χ3n) is 6.96. The summed E-state index contributed by atoms with van der Waals surface area (Å²) in [5.74, 6) is 0.586. The van der Waals surface area contributed by atoms with Crippen molar-refractivity contribution < 1.29 is 0 Å². The van der Waals surface area contributed by atoms with Gasteiger partial charge in [0.1, 0.15) is 5.82 Å². The predicted octanol–water partition coefficient (Wildman–Crippen LogP) is 6.47. The fourth-order valence-electron chi connectivity index (χ4n) is 4.68. The van der Waals surface area contributed by atoms with Crippen molar-refractivity contribution in [2.45, 2.75) is 64.7 Å². The topological polar surface area (TPSA) is 63.8 Å². The lowest BCUT2D eigenvalue weighted by Gasteiger charge is -2.42. The van der Waals surface area contributed by atoms with E-state index < -0.39 is 0 Å². The minimum Gasteiger partial charge on any atom is -0.383 e. The molecule has 3 N–H and O–H groups in total. The highest BCUT2D eigenvalue weighted by Gasteiger charge is 2.37. The van der Waals surface area contributed by atoms with Crippen molar-refractivity contribution in [3.63, 3.8) is 0 Å². The zero-order valence-corrected chi connectivity index (χ0v) is 20.9. The minimum atomic E-state index is 0.172. The van der Waals surface area contributed by atoms with Gasteiger partial charge < -0.3 is 11.1 Å². The zero-order valence-electron chi connectivity index (χ0n) is 20.1. The largest absolute Gasteiger partial charge is 0.383 e. The molecule has 1 aliphatic rings. The first-order chi connectivity index (χ1) is 15.0. The molecule has 2 heterocycles. The Balaban J connectivity index is 1.63. The van der Waals surface area contributed by atoms with Gasteiger partial charge in [0.15, 0.2) is 5.13 Å². The number of hydrogen-bond donors (Lipinski definition) is 2. The molecule has 5 heteroatoms. The molecule has 0 atom stereocenters. The van der Waals surface area contributed by atoms with Crippen LogP contribution in [0.1, 0.15) is 78.9 Å². The molecule has 4 rings (SSSR count). The second kappa shape index (κ2) is 8.04. The van der Waals surface area contributed by atoms with E-state index in [1.807, 2.05) is 13.2 Å². The summed E-state index contributed by atoms with van der Waals surface area (Å²) < 4.78 is 0. The van der Waals surface area contributed by atoms with Crippen LogP contribution in [0.3, 0.4) is 0 Å². The second-order valence-corrected chi connectivity index (χ2v) is 11.3. The van der Waals surface area contributed by atoms with E-state index in [1.54, 1.807) is 11.3 Å². The Kier molecular flexibility index (Phi) is 5.66. The summed E-state index contributed by atoms with van der Waals surface area (Å²) in [6.45, 7) is 16.1. The number of benzene rings is 1. The summed E-state index contributed by atoms with van der Waals surface area (Å²) in [7, 11) is 1.86. The Morgan fingerprint density at radius 3 is 2.34 bits per heavy atom. The number of aromatic nitrogens is 2. The number of hydrogen-bond acceptors (Lipinski definition) is 5. The number of rotatable bonds is 5. The highest BCUT2D eigenvalue weighted by molar-refractivity contribution is 7.16. The van der Waals surface area contributed by atoms with Crippen LogP contribution in [0.2, 0.25) is 0 Å².